The van der Waals surface area contributed by atoms with E-state index in [1.54, 1.807) is 12.1 Å². The molecule has 2 aliphatic heterocycles. The topological polar surface area (TPSA) is 87.5 Å². The Morgan fingerprint density at radius 1 is 1.35 bits per heavy atom. The van der Waals surface area contributed by atoms with Gasteiger partial charge in [-0.2, -0.15) is 0 Å². The highest BCUT2D eigenvalue weighted by molar-refractivity contribution is 5.95. The Kier molecular flexibility index (Phi) is 6.08. The number of carbonyl (C=O) groups excluding carboxylic acids is 1. The Morgan fingerprint density at radius 3 is 2.77 bits per heavy atom. The van der Waals surface area contributed by atoms with Crippen LogP contribution in [0.15, 0.2) is 18.2 Å². The number of rotatable bonds is 6. The van der Waals surface area contributed by atoms with Crippen molar-refractivity contribution in [2.75, 3.05) is 37.6 Å². The number of nitrogens with one attached hydrogen (secondary N) is 2. The van der Waals surface area contributed by atoms with E-state index in [9.17, 15) is 14.9 Å². The maximum atomic E-state index is 12.4. The Labute approximate surface area is 154 Å². The molecule has 3 rings (SSSR count). The molecule has 0 saturated carbocycles. The number of benzene rings is 1. The molecular formula is C19H28N4O3. The Bertz CT molecular complexity index is 650. The molecule has 1 aromatic carbocycles. The van der Waals surface area contributed by atoms with Crippen LogP contribution in [0.4, 0.5) is 11.4 Å². The van der Waals surface area contributed by atoms with Crippen molar-refractivity contribution in [3.05, 3.63) is 33.9 Å². The molecule has 1 amide bonds. The number of hydrogen-bond acceptors (Lipinski definition) is 5. The molecule has 0 aliphatic carbocycles. The standard InChI is InChI=1S/C19H28N4O3/c1-14-6-10-22(11-7-14)17-3-2-16(12-18(17)23(25)26)19(24)21-9-5-15-4-8-20-13-15/h2-3,12,14-15,20H,4-11,13H2,1H3,(H,21,24). The van der Waals surface area contributed by atoms with Gasteiger partial charge in [-0.3, -0.25) is 14.9 Å². The molecule has 1 unspecified atom stereocenters. The van der Waals surface area contributed by atoms with Crippen molar-refractivity contribution in [3.63, 3.8) is 0 Å². The number of anilines is 1. The maximum Gasteiger partial charge on any atom is 0.293 e. The molecule has 26 heavy (non-hydrogen) atoms. The summed E-state index contributed by atoms with van der Waals surface area (Å²) in [5.74, 6) is 1.02. The normalized spacial score (nSPS) is 21.0. The molecule has 142 valence electrons. The van der Waals surface area contributed by atoms with Gasteiger partial charge in [0.25, 0.3) is 11.6 Å². The van der Waals surface area contributed by atoms with Gasteiger partial charge >= 0.3 is 0 Å². The molecule has 1 aromatic rings. The van der Waals surface area contributed by atoms with Crippen LogP contribution < -0.4 is 15.5 Å². The minimum atomic E-state index is -0.381. The molecule has 0 bridgehead atoms. The second kappa shape index (κ2) is 8.49. The van der Waals surface area contributed by atoms with Gasteiger partial charge in [0.2, 0.25) is 0 Å². The molecule has 2 saturated heterocycles. The van der Waals surface area contributed by atoms with E-state index in [-0.39, 0.29) is 16.5 Å². The lowest BCUT2D eigenvalue weighted by atomic mass is 9.98. The fourth-order valence-corrected chi connectivity index (χ4v) is 3.78. The van der Waals surface area contributed by atoms with Gasteiger partial charge in [0.1, 0.15) is 5.69 Å². The Hall–Kier alpha value is -2.15. The van der Waals surface area contributed by atoms with Gasteiger partial charge in [0, 0.05) is 31.3 Å². The monoisotopic (exact) mass is 360 g/mol. The van der Waals surface area contributed by atoms with Gasteiger partial charge in [-0.15, -0.1) is 0 Å². The smallest absolute Gasteiger partial charge is 0.293 e. The van der Waals surface area contributed by atoms with E-state index in [4.69, 9.17) is 0 Å². The first-order valence-corrected chi connectivity index (χ1v) is 9.57. The summed E-state index contributed by atoms with van der Waals surface area (Å²) in [6.45, 7) is 6.50. The zero-order chi connectivity index (χ0) is 18.5. The molecule has 0 radical (unpaired) electrons. The Balaban J connectivity index is 1.65. The van der Waals surface area contributed by atoms with E-state index in [1.807, 2.05) is 0 Å². The number of amides is 1. The van der Waals surface area contributed by atoms with Crippen molar-refractivity contribution in [3.8, 4) is 0 Å². The van der Waals surface area contributed by atoms with Gasteiger partial charge in [-0.25, -0.2) is 0 Å². The summed E-state index contributed by atoms with van der Waals surface area (Å²) in [6, 6.07) is 4.84. The molecule has 2 N–H and O–H groups in total. The summed E-state index contributed by atoms with van der Waals surface area (Å²) in [5, 5.41) is 17.7. The number of piperidine rings is 1. The van der Waals surface area contributed by atoms with E-state index < -0.39 is 0 Å². The van der Waals surface area contributed by atoms with Crippen LogP contribution in [0, 0.1) is 22.0 Å². The molecule has 7 nitrogen and oxygen atoms in total. The van der Waals surface area contributed by atoms with Crippen LogP contribution in [-0.4, -0.2) is 43.6 Å². The first kappa shape index (κ1) is 18.6. The highest BCUT2D eigenvalue weighted by Crippen LogP contribution is 2.32. The van der Waals surface area contributed by atoms with Crippen LogP contribution in [0.3, 0.4) is 0 Å². The lowest BCUT2D eigenvalue weighted by molar-refractivity contribution is -0.384. The summed E-state index contributed by atoms with van der Waals surface area (Å²) in [5.41, 5.74) is 0.998. The molecule has 2 fully saturated rings. The van der Waals surface area contributed by atoms with Crippen LogP contribution in [0.25, 0.3) is 0 Å². The van der Waals surface area contributed by atoms with Crippen molar-refractivity contribution >= 4 is 17.3 Å². The molecule has 0 aromatic heterocycles. The Morgan fingerprint density at radius 2 is 2.12 bits per heavy atom. The summed E-state index contributed by atoms with van der Waals surface area (Å²) in [7, 11) is 0. The number of carbonyl (C=O) groups is 1. The third-order valence-electron chi connectivity index (χ3n) is 5.56. The van der Waals surface area contributed by atoms with Crippen LogP contribution in [0.1, 0.15) is 43.0 Å². The predicted octanol–water partition coefficient (Wildman–Crippen LogP) is 2.56. The largest absolute Gasteiger partial charge is 0.366 e. The van der Waals surface area contributed by atoms with Gasteiger partial charge in [0.15, 0.2) is 0 Å². The maximum absolute atomic E-state index is 12.4. The molecule has 0 spiro atoms. The highest BCUT2D eigenvalue weighted by Gasteiger charge is 2.25. The molecular weight excluding hydrogens is 332 g/mol. The van der Waals surface area contributed by atoms with Gasteiger partial charge in [-0.1, -0.05) is 6.92 Å². The molecule has 2 aliphatic rings. The first-order chi connectivity index (χ1) is 12.5. The zero-order valence-corrected chi connectivity index (χ0v) is 15.4. The van der Waals surface area contributed by atoms with E-state index in [1.165, 1.54) is 6.07 Å². The molecule has 7 heteroatoms. The van der Waals surface area contributed by atoms with Crippen molar-refractivity contribution in [1.29, 1.82) is 0 Å². The number of nitro groups is 1. The van der Waals surface area contributed by atoms with E-state index in [2.05, 4.69) is 22.5 Å². The van der Waals surface area contributed by atoms with Gasteiger partial charge in [-0.05, 0) is 62.7 Å². The summed E-state index contributed by atoms with van der Waals surface area (Å²) in [4.78, 5) is 25.6. The molecule has 2 heterocycles. The minimum absolute atomic E-state index is 0.0206. The fraction of sp³-hybridized carbons (Fsp3) is 0.632. The average molecular weight is 360 g/mol. The second-order valence-corrected chi connectivity index (χ2v) is 7.53. The third kappa shape index (κ3) is 4.52. The number of hydrogen-bond donors (Lipinski definition) is 2. The van der Waals surface area contributed by atoms with Gasteiger partial charge in [0.05, 0.1) is 4.92 Å². The lowest BCUT2D eigenvalue weighted by Gasteiger charge is -2.31. The highest BCUT2D eigenvalue weighted by atomic mass is 16.6. The van der Waals surface area contributed by atoms with E-state index in [0.717, 1.165) is 51.9 Å². The average Bonchev–Trinajstić information content (AvgIpc) is 3.15. The third-order valence-corrected chi connectivity index (χ3v) is 5.56. The van der Waals surface area contributed by atoms with E-state index in [0.29, 0.717) is 29.6 Å². The number of nitro benzene ring substituents is 1. The fourth-order valence-electron chi connectivity index (χ4n) is 3.78. The SMILES string of the molecule is CC1CCN(c2ccc(C(=O)NCCC3CCNC3)cc2[N+](=O)[O-])CC1. The van der Waals surface area contributed by atoms with Crippen LogP contribution in [-0.2, 0) is 0 Å². The number of nitrogens with zero attached hydrogens (tertiary/aromatic N) is 2. The molecule has 1 atom stereocenters. The second-order valence-electron chi connectivity index (χ2n) is 7.53. The lowest BCUT2D eigenvalue weighted by Crippen LogP contribution is -2.33. The summed E-state index contributed by atoms with van der Waals surface area (Å²) >= 11 is 0. The summed E-state index contributed by atoms with van der Waals surface area (Å²) in [6.07, 6.45) is 4.15. The first-order valence-electron chi connectivity index (χ1n) is 9.57. The predicted molar refractivity (Wildman–Crippen MR) is 102 cm³/mol. The van der Waals surface area contributed by atoms with Crippen molar-refractivity contribution < 1.29 is 9.72 Å². The van der Waals surface area contributed by atoms with E-state index >= 15 is 0 Å². The van der Waals surface area contributed by atoms with Crippen molar-refractivity contribution in [2.24, 2.45) is 11.8 Å². The summed E-state index contributed by atoms with van der Waals surface area (Å²) < 4.78 is 0. The van der Waals surface area contributed by atoms with Crippen molar-refractivity contribution in [1.82, 2.24) is 10.6 Å². The van der Waals surface area contributed by atoms with Crippen LogP contribution in [0.2, 0.25) is 0 Å². The van der Waals surface area contributed by atoms with Crippen LogP contribution >= 0.6 is 0 Å². The van der Waals surface area contributed by atoms with Gasteiger partial charge < -0.3 is 15.5 Å². The minimum Gasteiger partial charge on any atom is -0.366 e. The van der Waals surface area contributed by atoms with Crippen LogP contribution in [0.5, 0.6) is 0 Å². The van der Waals surface area contributed by atoms with Crippen molar-refractivity contribution in [2.45, 2.75) is 32.6 Å². The zero-order valence-electron chi connectivity index (χ0n) is 15.4. The quantitative estimate of drug-likeness (QED) is 0.601.